The molecular weight excluding hydrogens is 344 g/mol. The van der Waals surface area contributed by atoms with E-state index in [0.717, 1.165) is 30.9 Å². The van der Waals surface area contributed by atoms with Crippen molar-refractivity contribution < 1.29 is 4.79 Å². The molecule has 1 aromatic carbocycles. The molecule has 1 amide bonds. The van der Waals surface area contributed by atoms with Crippen LogP contribution in [0.1, 0.15) is 22.5 Å². The summed E-state index contributed by atoms with van der Waals surface area (Å²) in [6, 6.07) is 12.3. The Morgan fingerprint density at radius 1 is 1.19 bits per heavy atom. The first kappa shape index (κ1) is 17.0. The topological polar surface area (TPSA) is 107 Å². The van der Waals surface area contributed by atoms with E-state index in [-0.39, 0.29) is 12.3 Å². The number of nitrogens with zero attached hydrogens (tertiary/aromatic N) is 3. The predicted octanol–water partition coefficient (Wildman–Crippen LogP) is 0.915. The number of benzene rings is 1. The summed E-state index contributed by atoms with van der Waals surface area (Å²) in [5, 5.41) is 8.87. The maximum atomic E-state index is 12.1. The smallest absolute Gasteiger partial charge is 0.340 e. The van der Waals surface area contributed by atoms with E-state index in [4.69, 9.17) is 0 Å². The second-order valence-electron chi connectivity index (χ2n) is 6.50. The first-order valence-corrected chi connectivity index (χ1v) is 8.85. The summed E-state index contributed by atoms with van der Waals surface area (Å²) < 4.78 is 0. The standard InChI is InChI=1S/C19H20N6O2/c26-17(10-16-22-19(27)24-23-16)21-11-14-6-3-8-20-18(14)25-9-7-13-4-1-2-5-15(13)12-25/h1-6,8H,7,9-12H2,(H,21,26)(H2,22,23,24,27). The summed E-state index contributed by atoms with van der Waals surface area (Å²) in [6.07, 6.45) is 2.77. The highest BCUT2D eigenvalue weighted by Crippen LogP contribution is 2.25. The van der Waals surface area contributed by atoms with Gasteiger partial charge in [-0.05, 0) is 23.6 Å². The number of rotatable bonds is 5. The molecule has 0 radical (unpaired) electrons. The van der Waals surface area contributed by atoms with Gasteiger partial charge in [-0.25, -0.2) is 14.9 Å². The number of hydrogen-bond acceptors (Lipinski definition) is 5. The Morgan fingerprint density at radius 2 is 2.04 bits per heavy atom. The van der Waals surface area contributed by atoms with Gasteiger partial charge in [0.05, 0.1) is 6.42 Å². The molecule has 138 valence electrons. The Balaban J connectivity index is 1.44. The largest absolute Gasteiger partial charge is 0.352 e. The second kappa shape index (κ2) is 7.45. The lowest BCUT2D eigenvalue weighted by Gasteiger charge is -2.31. The average Bonchev–Trinajstić information content (AvgIpc) is 3.11. The van der Waals surface area contributed by atoms with Crippen molar-refractivity contribution in [2.24, 2.45) is 0 Å². The normalized spacial score (nSPS) is 13.3. The van der Waals surface area contributed by atoms with Crippen molar-refractivity contribution in [3.63, 3.8) is 0 Å². The monoisotopic (exact) mass is 364 g/mol. The maximum Gasteiger partial charge on any atom is 0.340 e. The number of carbonyl (C=O) groups is 1. The summed E-state index contributed by atoms with van der Waals surface area (Å²) in [4.78, 5) is 32.4. The Morgan fingerprint density at radius 3 is 2.85 bits per heavy atom. The van der Waals surface area contributed by atoms with Crippen molar-refractivity contribution in [3.05, 3.63) is 75.6 Å². The molecule has 3 heterocycles. The molecule has 2 aromatic heterocycles. The number of pyridine rings is 1. The molecule has 3 N–H and O–H groups in total. The van der Waals surface area contributed by atoms with Crippen molar-refractivity contribution in [2.45, 2.75) is 25.9 Å². The van der Waals surface area contributed by atoms with Crippen molar-refractivity contribution in [2.75, 3.05) is 11.4 Å². The molecule has 0 saturated carbocycles. The van der Waals surface area contributed by atoms with Crippen LogP contribution in [0, 0.1) is 0 Å². The van der Waals surface area contributed by atoms with E-state index in [1.807, 2.05) is 12.1 Å². The molecule has 8 heteroatoms. The highest BCUT2D eigenvalue weighted by Gasteiger charge is 2.19. The molecule has 1 aliphatic heterocycles. The first-order chi connectivity index (χ1) is 13.2. The minimum atomic E-state index is -0.419. The number of H-pyrrole nitrogens is 2. The fourth-order valence-corrected chi connectivity index (χ4v) is 3.33. The summed E-state index contributed by atoms with van der Waals surface area (Å²) in [5.74, 6) is 0.994. The lowest BCUT2D eigenvalue weighted by atomic mass is 9.99. The number of fused-ring (bicyclic) bond motifs is 1. The lowest BCUT2D eigenvalue weighted by Crippen LogP contribution is -2.33. The molecule has 8 nitrogen and oxygen atoms in total. The molecule has 27 heavy (non-hydrogen) atoms. The van der Waals surface area contributed by atoms with Crippen LogP contribution in [0.5, 0.6) is 0 Å². The molecule has 0 fully saturated rings. The SMILES string of the molecule is O=C(Cc1n[nH]c(=O)[nH]1)NCc1cccnc1N1CCc2ccccc2C1. The van der Waals surface area contributed by atoms with Crippen LogP contribution in [0.3, 0.4) is 0 Å². The van der Waals surface area contributed by atoms with Gasteiger partial charge in [0.2, 0.25) is 5.91 Å². The number of amides is 1. The predicted molar refractivity (Wildman–Crippen MR) is 100 cm³/mol. The summed E-state index contributed by atoms with van der Waals surface area (Å²) in [5.41, 5.74) is 3.23. The van der Waals surface area contributed by atoms with Crippen molar-refractivity contribution in [1.29, 1.82) is 0 Å². The Bertz CT molecular complexity index is 1010. The fourth-order valence-electron chi connectivity index (χ4n) is 3.33. The van der Waals surface area contributed by atoms with Gasteiger partial charge in [-0.3, -0.25) is 9.78 Å². The Labute approximate surface area is 155 Å². The van der Waals surface area contributed by atoms with Crippen LogP contribution in [0.4, 0.5) is 5.82 Å². The minimum Gasteiger partial charge on any atom is -0.352 e. The van der Waals surface area contributed by atoms with Gasteiger partial charge in [-0.15, -0.1) is 0 Å². The van der Waals surface area contributed by atoms with E-state index >= 15 is 0 Å². The molecular formula is C19H20N6O2. The van der Waals surface area contributed by atoms with Crippen LogP contribution in [0.2, 0.25) is 0 Å². The van der Waals surface area contributed by atoms with Crippen LogP contribution >= 0.6 is 0 Å². The number of carbonyl (C=O) groups excluding carboxylic acids is 1. The zero-order valence-electron chi connectivity index (χ0n) is 14.7. The number of aromatic nitrogens is 4. The molecule has 1 aliphatic rings. The van der Waals surface area contributed by atoms with Crippen LogP contribution in [-0.2, 0) is 30.7 Å². The molecule has 0 atom stereocenters. The third-order valence-corrected chi connectivity index (χ3v) is 4.65. The molecule has 0 spiro atoms. The van der Waals surface area contributed by atoms with E-state index < -0.39 is 5.69 Å². The van der Waals surface area contributed by atoms with E-state index in [2.05, 4.69) is 54.6 Å². The second-order valence-corrected chi connectivity index (χ2v) is 6.50. The molecule has 0 bridgehead atoms. The van der Waals surface area contributed by atoms with Gasteiger partial charge >= 0.3 is 5.69 Å². The molecule has 0 saturated heterocycles. The van der Waals surface area contributed by atoms with Crippen LogP contribution in [0.15, 0.2) is 47.4 Å². The number of nitrogens with one attached hydrogen (secondary N) is 3. The van der Waals surface area contributed by atoms with E-state index in [1.165, 1.54) is 11.1 Å². The highest BCUT2D eigenvalue weighted by molar-refractivity contribution is 5.77. The summed E-state index contributed by atoms with van der Waals surface area (Å²) in [7, 11) is 0. The van der Waals surface area contributed by atoms with Gasteiger partial charge in [-0.2, -0.15) is 5.10 Å². The van der Waals surface area contributed by atoms with Crippen LogP contribution < -0.4 is 15.9 Å². The number of hydrogen-bond donors (Lipinski definition) is 3. The van der Waals surface area contributed by atoms with Gasteiger partial charge in [0.25, 0.3) is 0 Å². The van der Waals surface area contributed by atoms with E-state index in [9.17, 15) is 9.59 Å². The summed E-state index contributed by atoms with van der Waals surface area (Å²) in [6.45, 7) is 2.07. The molecule has 3 aromatic rings. The van der Waals surface area contributed by atoms with Gasteiger partial charge in [0.1, 0.15) is 11.6 Å². The molecule has 0 aliphatic carbocycles. The zero-order chi connectivity index (χ0) is 18.6. The third kappa shape index (κ3) is 3.89. The van der Waals surface area contributed by atoms with Crippen molar-refractivity contribution in [1.82, 2.24) is 25.5 Å². The van der Waals surface area contributed by atoms with Gasteiger partial charge < -0.3 is 10.2 Å². The summed E-state index contributed by atoms with van der Waals surface area (Å²) >= 11 is 0. The van der Waals surface area contributed by atoms with Crippen LogP contribution in [0.25, 0.3) is 0 Å². The number of aromatic amines is 2. The molecule has 4 rings (SSSR count). The lowest BCUT2D eigenvalue weighted by molar-refractivity contribution is -0.120. The first-order valence-electron chi connectivity index (χ1n) is 8.85. The van der Waals surface area contributed by atoms with Crippen molar-refractivity contribution >= 4 is 11.7 Å². The highest BCUT2D eigenvalue weighted by atomic mass is 16.2. The van der Waals surface area contributed by atoms with Gasteiger partial charge in [-0.1, -0.05) is 30.3 Å². The Kier molecular flexibility index (Phi) is 4.69. The maximum absolute atomic E-state index is 12.1. The van der Waals surface area contributed by atoms with E-state index in [0.29, 0.717) is 12.4 Å². The van der Waals surface area contributed by atoms with E-state index in [1.54, 1.807) is 6.20 Å². The number of anilines is 1. The van der Waals surface area contributed by atoms with Crippen LogP contribution in [-0.4, -0.2) is 32.6 Å². The van der Waals surface area contributed by atoms with Gasteiger partial charge in [0.15, 0.2) is 0 Å². The fraction of sp³-hybridized carbons (Fsp3) is 0.263. The van der Waals surface area contributed by atoms with Gasteiger partial charge in [0, 0.05) is 31.4 Å². The Hall–Kier alpha value is -3.42. The van der Waals surface area contributed by atoms with Crippen molar-refractivity contribution in [3.8, 4) is 0 Å². The molecule has 0 unspecified atom stereocenters. The minimum absolute atomic E-state index is 0.0193. The third-order valence-electron chi connectivity index (χ3n) is 4.65. The zero-order valence-corrected chi connectivity index (χ0v) is 14.7. The quantitative estimate of drug-likeness (QED) is 0.624. The average molecular weight is 364 g/mol.